The molecule has 1 saturated heterocycles. The summed E-state index contributed by atoms with van der Waals surface area (Å²) >= 11 is 0. The minimum atomic E-state index is -3.01. The molecule has 186 valence electrons. The van der Waals surface area contributed by atoms with E-state index >= 15 is 0 Å². The Bertz CT molecular complexity index is 1330. The number of nitrogens with zero attached hydrogens (tertiary/aromatic N) is 3. The predicted octanol–water partition coefficient (Wildman–Crippen LogP) is 4.29. The van der Waals surface area contributed by atoms with Crippen molar-refractivity contribution in [2.45, 2.75) is 52.7 Å². The maximum Gasteiger partial charge on any atom is 0.246 e. The van der Waals surface area contributed by atoms with Crippen molar-refractivity contribution in [3.05, 3.63) is 82.2 Å². The summed E-state index contributed by atoms with van der Waals surface area (Å²) in [5.74, 6) is 0.242. The molecule has 1 N–H and O–H groups in total. The maximum absolute atomic E-state index is 13.6. The van der Waals surface area contributed by atoms with E-state index in [0.717, 1.165) is 39.3 Å². The van der Waals surface area contributed by atoms with Crippen molar-refractivity contribution in [2.75, 3.05) is 23.9 Å². The largest absolute Gasteiger partial charge is 0.324 e. The van der Waals surface area contributed by atoms with E-state index in [1.165, 1.54) is 0 Å². The van der Waals surface area contributed by atoms with Crippen LogP contribution in [0.4, 0.5) is 5.69 Å². The third kappa shape index (κ3) is 5.49. The highest BCUT2D eigenvalue weighted by molar-refractivity contribution is 7.91. The van der Waals surface area contributed by atoms with E-state index in [4.69, 9.17) is 5.10 Å². The molecule has 1 aliphatic rings. The van der Waals surface area contributed by atoms with Crippen LogP contribution in [0.2, 0.25) is 0 Å². The zero-order chi connectivity index (χ0) is 25.3. The lowest BCUT2D eigenvalue weighted by Gasteiger charge is -2.28. The second kappa shape index (κ2) is 9.95. The summed E-state index contributed by atoms with van der Waals surface area (Å²) < 4.78 is 25.9. The highest BCUT2D eigenvalue weighted by Gasteiger charge is 2.32. The summed E-state index contributed by atoms with van der Waals surface area (Å²) in [6.07, 6.45) is 0.588. The molecule has 8 heteroatoms. The van der Waals surface area contributed by atoms with E-state index in [9.17, 15) is 13.2 Å². The van der Waals surface area contributed by atoms with Crippen molar-refractivity contribution in [3.63, 3.8) is 0 Å². The van der Waals surface area contributed by atoms with Gasteiger partial charge in [-0.2, -0.15) is 5.10 Å². The third-order valence-electron chi connectivity index (χ3n) is 6.89. The minimum absolute atomic E-state index is 0.100. The molecule has 35 heavy (non-hydrogen) atoms. The number of nitrogens with one attached hydrogen (secondary N) is 1. The number of rotatable bonds is 7. The Morgan fingerprint density at radius 1 is 1.14 bits per heavy atom. The minimum Gasteiger partial charge on any atom is -0.324 e. The lowest BCUT2D eigenvalue weighted by molar-refractivity contribution is -0.121. The summed E-state index contributed by atoms with van der Waals surface area (Å²) in [5, 5.41) is 7.84. The number of aryl methyl sites for hydroxylation is 3. The molecule has 0 saturated carbocycles. The third-order valence-corrected chi connectivity index (χ3v) is 8.64. The van der Waals surface area contributed by atoms with Crippen molar-refractivity contribution in [3.8, 4) is 0 Å². The standard InChI is InChI=1S/C27H34N4O3S/c1-18-11-12-19(2)25(15-18)28-27(32)26(22-9-7-6-8-10-22)30(5)16-24-20(3)29-31(21(24)4)23-13-14-35(33,34)17-23/h6-12,15,23,26H,13-14,16-17H2,1-5H3,(H,28,32)/t23-,26+/m0/s1. The number of hydrogen-bond donors (Lipinski definition) is 1. The number of sulfone groups is 1. The topological polar surface area (TPSA) is 84.3 Å². The van der Waals surface area contributed by atoms with Gasteiger partial charge in [-0.15, -0.1) is 0 Å². The molecule has 0 unspecified atom stereocenters. The fourth-order valence-corrected chi connectivity index (χ4v) is 6.60. The van der Waals surface area contributed by atoms with Crippen molar-refractivity contribution >= 4 is 21.4 Å². The molecule has 2 aromatic carbocycles. The van der Waals surface area contributed by atoms with Crippen LogP contribution in [0.1, 0.15) is 52.1 Å². The number of hydrogen-bond acceptors (Lipinski definition) is 5. The van der Waals surface area contributed by atoms with E-state index in [1.54, 1.807) is 0 Å². The van der Waals surface area contributed by atoms with Crippen LogP contribution in [0.25, 0.3) is 0 Å². The van der Waals surface area contributed by atoms with Gasteiger partial charge >= 0.3 is 0 Å². The molecule has 1 aromatic heterocycles. The smallest absolute Gasteiger partial charge is 0.246 e. The van der Waals surface area contributed by atoms with Crippen molar-refractivity contribution < 1.29 is 13.2 Å². The first-order chi connectivity index (χ1) is 16.6. The van der Waals surface area contributed by atoms with E-state index < -0.39 is 15.9 Å². The van der Waals surface area contributed by atoms with Crippen LogP contribution >= 0.6 is 0 Å². The molecule has 2 atom stereocenters. The average Bonchev–Trinajstić information content (AvgIpc) is 3.30. The molecule has 1 fully saturated rings. The lowest BCUT2D eigenvalue weighted by atomic mass is 10.0. The van der Waals surface area contributed by atoms with Gasteiger partial charge in [-0.05, 0) is 63.9 Å². The maximum atomic E-state index is 13.6. The number of benzene rings is 2. The Balaban J connectivity index is 1.62. The molecular formula is C27H34N4O3S. The molecule has 3 aromatic rings. The van der Waals surface area contributed by atoms with Crippen LogP contribution < -0.4 is 5.32 Å². The molecule has 0 bridgehead atoms. The zero-order valence-electron chi connectivity index (χ0n) is 21.1. The van der Waals surface area contributed by atoms with Gasteiger partial charge in [-0.1, -0.05) is 42.5 Å². The van der Waals surface area contributed by atoms with Crippen LogP contribution in [0.15, 0.2) is 48.5 Å². The summed E-state index contributed by atoms with van der Waals surface area (Å²) in [6.45, 7) is 8.44. The van der Waals surface area contributed by atoms with Crippen molar-refractivity contribution in [2.24, 2.45) is 0 Å². The van der Waals surface area contributed by atoms with E-state index in [-0.39, 0.29) is 23.5 Å². The molecule has 2 heterocycles. The van der Waals surface area contributed by atoms with Crippen LogP contribution in [0, 0.1) is 27.7 Å². The summed E-state index contributed by atoms with van der Waals surface area (Å²) in [5.41, 5.74) is 6.66. The summed E-state index contributed by atoms with van der Waals surface area (Å²) in [6, 6.07) is 15.2. The Kier molecular flexibility index (Phi) is 7.15. The van der Waals surface area contributed by atoms with Crippen LogP contribution in [0.5, 0.6) is 0 Å². The summed E-state index contributed by atoms with van der Waals surface area (Å²) in [4.78, 5) is 15.7. The molecule has 7 nitrogen and oxygen atoms in total. The number of aromatic nitrogens is 2. The normalized spacial score (nSPS) is 18.1. The van der Waals surface area contributed by atoms with Gasteiger partial charge in [0.1, 0.15) is 6.04 Å². The van der Waals surface area contributed by atoms with E-state index in [1.807, 2.05) is 92.9 Å². The van der Waals surface area contributed by atoms with Crippen LogP contribution in [-0.2, 0) is 21.2 Å². The van der Waals surface area contributed by atoms with Crippen LogP contribution in [-0.4, -0.2) is 47.6 Å². The zero-order valence-corrected chi connectivity index (χ0v) is 21.9. The van der Waals surface area contributed by atoms with Crippen molar-refractivity contribution in [1.82, 2.24) is 14.7 Å². The van der Waals surface area contributed by atoms with E-state index in [2.05, 4.69) is 5.32 Å². The molecule has 0 aliphatic carbocycles. The second-order valence-electron chi connectivity index (χ2n) is 9.69. The Morgan fingerprint density at radius 2 is 1.86 bits per heavy atom. The lowest BCUT2D eigenvalue weighted by Crippen LogP contribution is -2.35. The van der Waals surface area contributed by atoms with Gasteiger partial charge < -0.3 is 5.32 Å². The Morgan fingerprint density at radius 3 is 2.51 bits per heavy atom. The number of carbonyl (C=O) groups is 1. The Hall–Kier alpha value is -2.97. The molecule has 0 spiro atoms. The van der Waals surface area contributed by atoms with Gasteiger partial charge in [0, 0.05) is 23.5 Å². The van der Waals surface area contributed by atoms with Gasteiger partial charge in [0.05, 0.1) is 23.2 Å². The SMILES string of the molecule is Cc1ccc(C)c(NC(=O)[C@@H](c2ccccc2)N(C)Cc2c(C)nn([C@H]3CCS(=O)(=O)C3)c2C)c1. The number of carbonyl (C=O) groups excluding carboxylic acids is 1. The first-order valence-corrected chi connectivity index (χ1v) is 13.8. The first-order valence-electron chi connectivity index (χ1n) is 11.9. The van der Waals surface area contributed by atoms with Gasteiger partial charge in [0.2, 0.25) is 5.91 Å². The number of amides is 1. The first kappa shape index (κ1) is 25.1. The van der Waals surface area contributed by atoms with Gasteiger partial charge in [-0.25, -0.2) is 8.42 Å². The predicted molar refractivity (Wildman–Crippen MR) is 139 cm³/mol. The number of likely N-dealkylation sites (N-methyl/N-ethyl adjacent to an activating group) is 1. The molecular weight excluding hydrogens is 460 g/mol. The average molecular weight is 495 g/mol. The highest BCUT2D eigenvalue weighted by Crippen LogP contribution is 2.30. The highest BCUT2D eigenvalue weighted by atomic mass is 32.2. The van der Waals surface area contributed by atoms with Gasteiger partial charge in [0.25, 0.3) is 0 Å². The van der Waals surface area contributed by atoms with Gasteiger partial charge in [0.15, 0.2) is 9.84 Å². The summed E-state index contributed by atoms with van der Waals surface area (Å²) in [7, 11) is -1.07. The van der Waals surface area contributed by atoms with E-state index in [0.29, 0.717) is 13.0 Å². The monoisotopic (exact) mass is 494 g/mol. The molecule has 0 radical (unpaired) electrons. The Labute approximate surface area is 208 Å². The number of anilines is 1. The van der Waals surface area contributed by atoms with Crippen LogP contribution in [0.3, 0.4) is 0 Å². The molecule has 1 aliphatic heterocycles. The fraction of sp³-hybridized carbons (Fsp3) is 0.407. The fourth-order valence-electron chi connectivity index (χ4n) is 4.90. The quantitative estimate of drug-likeness (QED) is 0.530. The molecule has 4 rings (SSSR count). The van der Waals surface area contributed by atoms with Gasteiger partial charge in [-0.3, -0.25) is 14.4 Å². The molecule has 1 amide bonds. The second-order valence-corrected chi connectivity index (χ2v) is 11.9. The van der Waals surface area contributed by atoms with Crippen molar-refractivity contribution in [1.29, 1.82) is 0 Å².